The second-order valence-electron chi connectivity index (χ2n) is 4.14. The Morgan fingerprint density at radius 1 is 1.00 bits per heavy atom. The summed E-state index contributed by atoms with van der Waals surface area (Å²) in [4.78, 5) is 11.2. The lowest BCUT2D eigenvalue weighted by Gasteiger charge is -2.23. The molecule has 0 unspecified atom stereocenters. The zero-order valence-corrected chi connectivity index (χ0v) is 10.9. The number of hydrogen-bond acceptors (Lipinski definition) is 2. The predicted octanol–water partition coefficient (Wildman–Crippen LogP) is 3.97. The SMILES string of the molecule is C=CC(=O)O[C@@H](c1c(F)c(F)c(F)c(F)c1F)[C@@H](C)C=C. The van der Waals surface area contributed by atoms with E-state index in [1.165, 1.54) is 6.92 Å². The molecule has 114 valence electrons. The molecule has 1 aromatic rings. The molecule has 0 radical (unpaired) electrons. The molecular weight excluding hydrogens is 295 g/mol. The van der Waals surface area contributed by atoms with Gasteiger partial charge in [0.2, 0.25) is 5.82 Å². The highest BCUT2D eigenvalue weighted by molar-refractivity contribution is 5.81. The minimum atomic E-state index is -2.28. The first-order valence-corrected chi connectivity index (χ1v) is 5.73. The Bertz CT molecular complexity index is 569. The summed E-state index contributed by atoms with van der Waals surface area (Å²) in [5, 5.41) is 0. The van der Waals surface area contributed by atoms with Gasteiger partial charge >= 0.3 is 5.97 Å². The second-order valence-corrected chi connectivity index (χ2v) is 4.14. The molecule has 7 heteroatoms. The van der Waals surface area contributed by atoms with E-state index in [9.17, 15) is 26.7 Å². The highest BCUT2D eigenvalue weighted by Gasteiger charge is 2.34. The van der Waals surface area contributed by atoms with Crippen molar-refractivity contribution in [1.82, 2.24) is 0 Å². The summed E-state index contributed by atoms with van der Waals surface area (Å²) in [7, 11) is 0. The van der Waals surface area contributed by atoms with Gasteiger partial charge in [0, 0.05) is 12.0 Å². The molecule has 0 saturated heterocycles. The van der Waals surface area contributed by atoms with Crippen LogP contribution >= 0.6 is 0 Å². The molecule has 0 aromatic heterocycles. The van der Waals surface area contributed by atoms with Crippen molar-refractivity contribution < 1.29 is 31.5 Å². The maximum atomic E-state index is 13.7. The van der Waals surface area contributed by atoms with Gasteiger partial charge < -0.3 is 4.74 Å². The van der Waals surface area contributed by atoms with Crippen molar-refractivity contribution in [3.8, 4) is 0 Å². The first kappa shape index (κ1) is 16.9. The highest BCUT2D eigenvalue weighted by atomic mass is 19.2. The number of carbonyl (C=O) groups excluding carboxylic acids is 1. The molecule has 2 atom stereocenters. The average molecular weight is 306 g/mol. The fourth-order valence-electron chi connectivity index (χ4n) is 1.60. The molecular formula is C14H11F5O2. The summed E-state index contributed by atoms with van der Waals surface area (Å²) >= 11 is 0. The molecule has 0 bridgehead atoms. The molecule has 21 heavy (non-hydrogen) atoms. The molecule has 0 fully saturated rings. The van der Waals surface area contributed by atoms with E-state index in [1.54, 1.807) is 0 Å². The maximum absolute atomic E-state index is 13.7. The van der Waals surface area contributed by atoms with Gasteiger partial charge in [-0.3, -0.25) is 0 Å². The lowest BCUT2D eigenvalue weighted by molar-refractivity contribution is -0.145. The number of carbonyl (C=O) groups is 1. The van der Waals surface area contributed by atoms with Crippen molar-refractivity contribution in [2.45, 2.75) is 13.0 Å². The molecule has 1 rings (SSSR count). The lowest BCUT2D eigenvalue weighted by Crippen LogP contribution is -2.20. The van der Waals surface area contributed by atoms with E-state index in [0.29, 0.717) is 6.08 Å². The van der Waals surface area contributed by atoms with E-state index in [0.717, 1.165) is 6.08 Å². The van der Waals surface area contributed by atoms with Crippen LogP contribution in [0.25, 0.3) is 0 Å². The number of halogens is 5. The van der Waals surface area contributed by atoms with Gasteiger partial charge in [0.25, 0.3) is 0 Å². The number of benzene rings is 1. The largest absolute Gasteiger partial charge is 0.453 e. The fourth-order valence-corrected chi connectivity index (χ4v) is 1.60. The van der Waals surface area contributed by atoms with Gasteiger partial charge in [0.05, 0.1) is 5.56 Å². The normalized spacial score (nSPS) is 13.4. The summed E-state index contributed by atoms with van der Waals surface area (Å²) in [5.41, 5.74) is -1.23. The van der Waals surface area contributed by atoms with Crippen molar-refractivity contribution in [3.05, 3.63) is 60.0 Å². The van der Waals surface area contributed by atoms with Gasteiger partial charge in [-0.1, -0.05) is 19.6 Å². The third-order valence-electron chi connectivity index (χ3n) is 2.79. The first-order chi connectivity index (χ1) is 9.76. The van der Waals surface area contributed by atoms with Crippen LogP contribution in [0.3, 0.4) is 0 Å². The minimum absolute atomic E-state index is 0.703. The van der Waals surface area contributed by atoms with Crippen LogP contribution in [0.15, 0.2) is 25.3 Å². The van der Waals surface area contributed by atoms with Crippen LogP contribution in [0.5, 0.6) is 0 Å². The van der Waals surface area contributed by atoms with Crippen LogP contribution < -0.4 is 0 Å². The standard InChI is InChI=1S/C14H11F5O2/c1-4-6(3)14(21-7(20)5-2)8-9(15)11(17)13(19)12(18)10(8)16/h4-6,14H,1-2H2,3H3/t6-,14+/m0/s1. The van der Waals surface area contributed by atoms with Crippen LogP contribution in [-0.4, -0.2) is 5.97 Å². The molecule has 0 heterocycles. The number of ether oxygens (including phenoxy) is 1. The number of esters is 1. The Morgan fingerprint density at radius 3 is 1.81 bits per heavy atom. The van der Waals surface area contributed by atoms with Gasteiger partial charge in [-0.2, -0.15) is 0 Å². The van der Waals surface area contributed by atoms with E-state index in [4.69, 9.17) is 0 Å². The monoisotopic (exact) mass is 306 g/mol. The summed E-state index contributed by atoms with van der Waals surface area (Å²) in [5.74, 6) is -12.6. The van der Waals surface area contributed by atoms with Crippen LogP contribution in [0, 0.1) is 35.0 Å². The van der Waals surface area contributed by atoms with Crippen molar-refractivity contribution >= 4 is 5.97 Å². The van der Waals surface area contributed by atoms with Crippen LogP contribution in [-0.2, 0) is 9.53 Å². The summed E-state index contributed by atoms with van der Waals surface area (Å²) < 4.78 is 71.6. The second kappa shape index (κ2) is 6.51. The predicted molar refractivity (Wildman–Crippen MR) is 64.6 cm³/mol. The van der Waals surface area contributed by atoms with Gasteiger partial charge in [-0.25, -0.2) is 26.7 Å². The molecule has 0 spiro atoms. The Hall–Kier alpha value is -2.18. The summed E-state index contributed by atoms with van der Waals surface area (Å²) in [6.07, 6.45) is 0.131. The molecule has 0 aliphatic rings. The van der Waals surface area contributed by atoms with Gasteiger partial charge in [-0.05, 0) is 0 Å². The fraction of sp³-hybridized carbons (Fsp3) is 0.214. The first-order valence-electron chi connectivity index (χ1n) is 5.73. The maximum Gasteiger partial charge on any atom is 0.330 e. The van der Waals surface area contributed by atoms with Crippen molar-refractivity contribution in [3.63, 3.8) is 0 Å². The van der Waals surface area contributed by atoms with Crippen LogP contribution in [0.2, 0.25) is 0 Å². The van der Waals surface area contributed by atoms with E-state index >= 15 is 0 Å². The average Bonchev–Trinajstić information content (AvgIpc) is 2.48. The Balaban J connectivity index is 3.54. The molecule has 0 aliphatic carbocycles. The quantitative estimate of drug-likeness (QED) is 0.205. The number of hydrogen-bond donors (Lipinski definition) is 0. The molecule has 0 saturated carbocycles. The van der Waals surface area contributed by atoms with Crippen LogP contribution in [0.1, 0.15) is 18.6 Å². The van der Waals surface area contributed by atoms with Gasteiger partial charge in [0.15, 0.2) is 23.3 Å². The smallest absolute Gasteiger partial charge is 0.330 e. The van der Waals surface area contributed by atoms with E-state index < -0.39 is 52.6 Å². The molecule has 0 N–H and O–H groups in total. The molecule has 0 aliphatic heterocycles. The molecule has 1 aromatic carbocycles. The lowest BCUT2D eigenvalue weighted by atomic mass is 9.95. The summed E-state index contributed by atoms with van der Waals surface area (Å²) in [6, 6.07) is 0. The van der Waals surface area contributed by atoms with Crippen LogP contribution in [0.4, 0.5) is 22.0 Å². The zero-order valence-electron chi connectivity index (χ0n) is 10.9. The third kappa shape index (κ3) is 3.12. The van der Waals surface area contributed by atoms with Gasteiger partial charge in [0.1, 0.15) is 6.10 Å². The minimum Gasteiger partial charge on any atom is -0.453 e. The van der Waals surface area contributed by atoms with Gasteiger partial charge in [-0.15, -0.1) is 6.58 Å². The van der Waals surface area contributed by atoms with E-state index in [2.05, 4.69) is 17.9 Å². The van der Waals surface area contributed by atoms with Crippen molar-refractivity contribution in [2.24, 2.45) is 5.92 Å². The molecule has 2 nitrogen and oxygen atoms in total. The Labute approximate surface area is 117 Å². The zero-order chi connectivity index (χ0) is 16.3. The third-order valence-corrected chi connectivity index (χ3v) is 2.79. The topological polar surface area (TPSA) is 26.3 Å². The molecule has 0 amide bonds. The van der Waals surface area contributed by atoms with E-state index in [1.807, 2.05) is 0 Å². The van der Waals surface area contributed by atoms with E-state index in [-0.39, 0.29) is 0 Å². The van der Waals surface area contributed by atoms with Crippen molar-refractivity contribution in [2.75, 3.05) is 0 Å². The van der Waals surface area contributed by atoms with Crippen molar-refractivity contribution in [1.29, 1.82) is 0 Å². The Morgan fingerprint density at radius 2 is 1.43 bits per heavy atom. The highest BCUT2D eigenvalue weighted by Crippen LogP contribution is 2.34. The summed E-state index contributed by atoms with van der Waals surface area (Å²) in [6.45, 7) is 7.77. The number of rotatable bonds is 5. The Kier molecular flexibility index (Phi) is 5.23.